The minimum Gasteiger partial charge on any atom is -0.481 e. The molecule has 0 spiro atoms. The second-order valence-corrected chi connectivity index (χ2v) is 8.98. The molecule has 9 heteroatoms. The summed E-state index contributed by atoms with van der Waals surface area (Å²) in [5.74, 6) is -1.02. The van der Waals surface area contributed by atoms with Crippen molar-refractivity contribution in [2.24, 2.45) is 0 Å². The van der Waals surface area contributed by atoms with Crippen molar-refractivity contribution in [3.8, 4) is 0 Å². The summed E-state index contributed by atoms with van der Waals surface area (Å²) in [5, 5.41) is 8.62. The molecule has 0 aromatic carbocycles. The highest BCUT2D eigenvalue weighted by Crippen LogP contribution is 2.36. The van der Waals surface area contributed by atoms with E-state index in [1.807, 2.05) is 0 Å². The van der Waals surface area contributed by atoms with Gasteiger partial charge in [-0.15, -0.1) is 11.3 Å². The van der Waals surface area contributed by atoms with Crippen molar-refractivity contribution in [3.63, 3.8) is 0 Å². The topological polar surface area (TPSA) is 74.7 Å². The Bertz CT molecular complexity index is 541. The van der Waals surface area contributed by atoms with E-state index >= 15 is 0 Å². The molecule has 0 aliphatic heterocycles. The van der Waals surface area contributed by atoms with Crippen LogP contribution in [0, 0.1) is 0 Å². The average molecular weight is 421 g/mol. The van der Waals surface area contributed by atoms with Gasteiger partial charge in [0.1, 0.15) is 4.90 Å². The van der Waals surface area contributed by atoms with E-state index in [-0.39, 0.29) is 24.4 Å². The molecule has 0 atom stereocenters. The number of halogens is 2. The van der Waals surface area contributed by atoms with Crippen molar-refractivity contribution in [2.45, 2.75) is 18.2 Å². The fourth-order valence-electron chi connectivity index (χ4n) is 1.31. The molecule has 0 fully saturated rings. The summed E-state index contributed by atoms with van der Waals surface area (Å²) in [5.41, 5.74) is 0. The van der Waals surface area contributed by atoms with Crippen LogP contribution in [0.5, 0.6) is 0 Å². The molecule has 0 amide bonds. The number of hydrogen-bond acceptors (Lipinski definition) is 4. The number of sulfonamides is 1. The zero-order valence-corrected chi connectivity index (χ0v) is 14.2. The molecule has 18 heavy (non-hydrogen) atoms. The Morgan fingerprint density at radius 1 is 1.50 bits per heavy atom. The lowest BCUT2D eigenvalue weighted by Crippen LogP contribution is -2.32. The van der Waals surface area contributed by atoms with E-state index in [1.54, 1.807) is 6.92 Å². The summed E-state index contributed by atoms with van der Waals surface area (Å²) in [7, 11) is -3.65. The quantitative estimate of drug-likeness (QED) is 0.767. The number of aliphatic carboxylic acids is 1. The van der Waals surface area contributed by atoms with Crippen LogP contribution in [0.3, 0.4) is 0 Å². The normalized spacial score (nSPS) is 12.0. The lowest BCUT2D eigenvalue weighted by molar-refractivity contribution is -0.137. The van der Waals surface area contributed by atoms with Crippen LogP contribution < -0.4 is 0 Å². The number of nitrogens with zero attached hydrogens (tertiary/aromatic N) is 1. The van der Waals surface area contributed by atoms with E-state index in [1.165, 1.54) is 17.4 Å². The fourth-order valence-corrected chi connectivity index (χ4v) is 6.52. The first-order chi connectivity index (χ1) is 8.28. The van der Waals surface area contributed by atoms with Crippen molar-refractivity contribution < 1.29 is 18.3 Å². The zero-order chi connectivity index (χ0) is 13.9. The number of carboxylic acids is 1. The van der Waals surface area contributed by atoms with E-state index < -0.39 is 16.0 Å². The standard InChI is InChI=1S/C9H11Br2NO4S2/c1-2-12(4-3-8(13)14)18(15,16)6-5-7(10)17-9(6)11/h5H,2-4H2,1H3,(H,13,14). The molecule has 0 saturated carbocycles. The Kier molecular flexibility index (Phi) is 5.78. The van der Waals surface area contributed by atoms with E-state index in [0.717, 1.165) is 4.31 Å². The van der Waals surface area contributed by atoms with Crippen LogP contribution in [0.15, 0.2) is 18.5 Å². The van der Waals surface area contributed by atoms with Crippen molar-refractivity contribution >= 4 is 59.2 Å². The summed E-state index contributed by atoms with van der Waals surface area (Å²) >= 11 is 7.68. The minimum absolute atomic E-state index is 0.0337. The molecule has 1 rings (SSSR count). The molecule has 0 aliphatic rings. The predicted molar refractivity (Wildman–Crippen MR) is 76.4 cm³/mol. The summed E-state index contributed by atoms with van der Waals surface area (Å²) < 4.78 is 27.0. The molecule has 0 saturated heterocycles. The number of thiophene rings is 1. The van der Waals surface area contributed by atoms with Gasteiger partial charge in [0.2, 0.25) is 10.0 Å². The van der Waals surface area contributed by atoms with Gasteiger partial charge in [-0.3, -0.25) is 4.79 Å². The minimum atomic E-state index is -3.65. The van der Waals surface area contributed by atoms with Gasteiger partial charge in [-0.05, 0) is 37.9 Å². The largest absolute Gasteiger partial charge is 0.481 e. The maximum atomic E-state index is 12.3. The van der Waals surface area contributed by atoms with Gasteiger partial charge in [0.05, 0.1) is 14.0 Å². The molecular weight excluding hydrogens is 410 g/mol. The Hall–Kier alpha value is 0.0400. The first-order valence-corrected chi connectivity index (χ1v) is 8.80. The summed E-state index contributed by atoms with van der Waals surface area (Å²) in [4.78, 5) is 10.7. The van der Waals surface area contributed by atoms with E-state index in [9.17, 15) is 13.2 Å². The number of carboxylic acid groups (broad SMARTS) is 1. The summed E-state index contributed by atoms with van der Waals surface area (Å²) in [6.45, 7) is 1.87. The Morgan fingerprint density at radius 3 is 2.50 bits per heavy atom. The van der Waals surface area contributed by atoms with Crippen molar-refractivity contribution in [3.05, 3.63) is 13.6 Å². The highest BCUT2D eigenvalue weighted by atomic mass is 79.9. The highest BCUT2D eigenvalue weighted by molar-refractivity contribution is 9.12. The first kappa shape index (κ1) is 16.1. The molecule has 102 valence electrons. The second-order valence-electron chi connectivity index (χ2n) is 3.33. The maximum Gasteiger partial charge on any atom is 0.304 e. The molecule has 5 nitrogen and oxygen atoms in total. The molecule has 0 unspecified atom stereocenters. The molecular formula is C9H11Br2NO4S2. The second kappa shape index (κ2) is 6.47. The van der Waals surface area contributed by atoms with Crippen LogP contribution in [0.25, 0.3) is 0 Å². The number of hydrogen-bond donors (Lipinski definition) is 1. The van der Waals surface area contributed by atoms with Crippen molar-refractivity contribution in [1.29, 1.82) is 0 Å². The summed E-state index contributed by atoms with van der Waals surface area (Å²) in [6, 6.07) is 1.51. The van der Waals surface area contributed by atoms with Gasteiger partial charge in [0.15, 0.2) is 0 Å². The molecule has 0 radical (unpaired) electrons. The Balaban J connectivity index is 3.03. The third-order valence-corrected chi connectivity index (χ3v) is 6.90. The Labute approximate surface area is 126 Å². The predicted octanol–water partition coefficient (Wildman–Crippen LogP) is 2.76. The maximum absolute atomic E-state index is 12.3. The van der Waals surface area contributed by atoms with E-state index in [4.69, 9.17) is 5.11 Å². The lowest BCUT2D eigenvalue weighted by atomic mass is 10.4. The molecule has 1 N–H and O–H groups in total. The molecule has 1 aromatic heterocycles. The van der Waals surface area contributed by atoms with Crippen LogP contribution in [0.1, 0.15) is 13.3 Å². The van der Waals surface area contributed by atoms with Crippen LogP contribution in [-0.2, 0) is 14.8 Å². The van der Waals surface area contributed by atoms with Crippen LogP contribution >= 0.6 is 43.2 Å². The van der Waals surface area contributed by atoms with Gasteiger partial charge in [-0.1, -0.05) is 6.92 Å². The van der Waals surface area contributed by atoms with E-state index in [2.05, 4.69) is 31.9 Å². The molecule has 0 bridgehead atoms. The van der Waals surface area contributed by atoms with Gasteiger partial charge in [-0.25, -0.2) is 8.42 Å². The van der Waals surface area contributed by atoms with Gasteiger partial charge in [-0.2, -0.15) is 4.31 Å². The van der Waals surface area contributed by atoms with Gasteiger partial charge in [0, 0.05) is 13.1 Å². The number of rotatable bonds is 6. The highest BCUT2D eigenvalue weighted by Gasteiger charge is 2.27. The van der Waals surface area contributed by atoms with Gasteiger partial charge >= 0.3 is 5.97 Å². The van der Waals surface area contributed by atoms with Crippen molar-refractivity contribution in [2.75, 3.05) is 13.1 Å². The fraction of sp³-hybridized carbons (Fsp3) is 0.444. The molecule has 1 aromatic rings. The van der Waals surface area contributed by atoms with Gasteiger partial charge in [0.25, 0.3) is 0 Å². The average Bonchev–Trinajstić information content (AvgIpc) is 2.58. The third-order valence-electron chi connectivity index (χ3n) is 2.17. The van der Waals surface area contributed by atoms with Crippen molar-refractivity contribution in [1.82, 2.24) is 4.31 Å². The number of carbonyl (C=O) groups is 1. The third kappa shape index (κ3) is 3.77. The monoisotopic (exact) mass is 419 g/mol. The molecule has 0 aliphatic carbocycles. The SMILES string of the molecule is CCN(CCC(=O)O)S(=O)(=O)c1cc(Br)sc1Br. The Morgan fingerprint density at radius 2 is 2.11 bits per heavy atom. The smallest absolute Gasteiger partial charge is 0.304 e. The zero-order valence-electron chi connectivity index (χ0n) is 9.39. The summed E-state index contributed by atoms with van der Waals surface area (Å²) in [6.07, 6.45) is -0.212. The van der Waals surface area contributed by atoms with Crippen LogP contribution in [0.2, 0.25) is 0 Å². The van der Waals surface area contributed by atoms with E-state index in [0.29, 0.717) is 7.57 Å². The van der Waals surface area contributed by atoms with Gasteiger partial charge < -0.3 is 5.11 Å². The molecule has 1 heterocycles. The lowest BCUT2D eigenvalue weighted by Gasteiger charge is -2.19. The first-order valence-electron chi connectivity index (χ1n) is 4.95. The van der Waals surface area contributed by atoms with Crippen LogP contribution in [0.4, 0.5) is 0 Å². The van der Waals surface area contributed by atoms with Crippen LogP contribution in [-0.4, -0.2) is 36.9 Å².